The summed E-state index contributed by atoms with van der Waals surface area (Å²) in [6.45, 7) is 3.97. The molecule has 0 radical (unpaired) electrons. The zero-order valence-electron chi connectivity index (χ0n) is 8.05. The molecule has 0 spiro atoms. The molecule has 0 saturated heterocycles. The monoisotopic (exact) mass is 178 g/mol. The van der Waals surface area contributed by atoms with Gasteiger partial charge in [0.25, 0.3) is 0 Å². The molecule has 0 aromatic rings. The summed E-state index contributed by atoms with van der Waals surface area (Å²) in [7, 11) is 0. The van der Waals surface area contributed by atoms with E-state index in [1.165, 1.54) is 0 Å². The zero-order valence-corrected chi connectivity index (χ0v) is 8.05. The van der Waals surface area contributed by atoms with Gasteiger partial charge in [-0.3, -0.25) is 0 Å². The Kier molecular flexibility index (Phi) is 4.70. The minimum atomic E-state index is -1.07. The van der Waals surface area contributed by atoms with Gasteiger partial charge in [-0.2, -0.15) is 0 Å². The maximum atomic E-state index is 10.0. The molecule has 0 bridgehead atoms. The number of carboxylic acids is 1. The first-order valence-corrected chi connectivity index (χ1v) is 4.17. The van der Waals surface area contributed by atoms with Crippen LogP contribution in [0, 0.1) is 29.6 Å². The van der Waals surface area contributed by atoms with Crippen LogP contribution in [-0.2, 0) is 4.79 Å². The summed E-state index contributed by atoms with van der Waals surface area (Å²) in [6, 6.07) is 0. The molecule has 0 saturated carbocycles. The van der Waals surface area contributed by atoms with Crippen LogP contribution in [0.1, 0.15) is 33.1 Å². The van der Waals surface area contributed by atoms with Crippen molar-refractivity contribution < 1.29 is 9.90 Å². The fourth-order valence-corrected chi connectivity index (χ4v) is 0.829. The van der Waals surface area contributed by atoms with E-state index in [9.17, 15) is 4.79 Å². The minimum absolute atomic E-state index is 0.106. The second-order valence-corrected chi connectivity index (χ2v) is 3.49. The Morgan fingerprint density at radius 2 is 2.15 bits per heavy atom. The summed E-state index contributed by atoms with van der Waals surface area (Å²) in [5, 5.41) is 8.21. The van der Waals surface area contributed by atoms with Gasteiger partial charge in [-0.05, 0) is 26.7 Å². The molecule has 0 amide bonds. The van der Waals surface area contributed by atoms with Gasteiger partial charge in [0.05, 0.1) is 0 Å². The van der Waals surface area contributed by atoms with Crippen molar-refractivity contribution >= 4 is 5.97 Å². The molecule has 0 fully saturated rings. The quantitative estimate of drug-likeness (QED) is 0.529. The average Bonchev–Trinajstić information content (AvgIpc) is 2.03. The number of aliphatic carboxylic acids is 1. The molecule has 0 aliphatic rings. The normalized spacial score (nSPS) is 9.62. The lowest BCUT2D eigenvalue weighted by Crippen LogP contribution is -2.06. The Morgan fingerprint density at radius 3 is 2.62 bits per heavy atom. The zero-order chi connectivity index (χ0) is 10.3. The molecule has 0 heterocycles. The van der Waals surface area contributed by atoms with Crippen molar-refractivity contribution in [2.45, 2.75) is 33.1 Å². The van der Waals surface area contributed by atoms with Crippen LogP contribution in [0.2, 0.25) is 0 Å². The van der Waals surface area contributed by atoms with Crippen LogP contribution in [0.5, 0.6) is 0 Å². The van der Waals surface area contributed by atoms with Crippen LogP contribution in [0.4, 0.5) is 0 Å². The van der Waals surface area contributed by atoms with Crippen LogP contribution < -0.4 is 0 Å². The summed E-state index contributed by atoms with van der Waals surface area (Å²) in [4.78, 5) is 10.0. The molecule has 2 nitrogen and oxygen atoms in total. The first-order chi connectivity index (χ1) is 5.98. The van der Waals surface area contributed by atoms with E-state index in [0.29, 0.717) is 6.42 Å². The number of rotatable bonds is 3. The van der Waals surface area contributed by atoms with Gasteiger partial charge in [-0.1, -0.05) is 5.92 Å². The highest BCUT2D eigenvalue weighted by Crippen LogP contribution is 2.21. The van der Waals surface area contributed by atoms with E-state index >= 15 is 0 Å². The van der Waals surface area contributed by atoms with Gasteiger partial charge in [0.15, 0.2) is 0 Å². The Labute approximate surface area is 79.3 Å². The number of hydrogen-bond donors (Lipinski definition) is 1. The molecule has 0 aromatic heterocycles. The Hall–Kier alpha value is -1.41. The first kappa shape index (κ1) is 11.6. The lowest BCUT2D eigenvalue weighted by Gasteiger charge is -2.15. The second-order valence-electron chi connectivity index (χ2n) is 3.49. The number of unbranched alkanes of at least 4 members (excludes halogenated alkanes) is 1. The molecule has 0 aliphatic carbocycles. The van der Waals surface area contributed by atoms with Gasteiger partial charge < -0.3 is 5.11 Å². The SMILES string of the molecule is C#CC(C)(C)CCCC#CC(=O)O. The van der Waals surface area contributed by atoms with Gasteiger partial charge in [-0.25, -0.2) is 4.79 Å². The van der Waals surface area contributed by atoms with Gasteiger partial charge in [0.1, 0.15) is 0 Å². The van der Waals surface area contributed by atoms with Crippen molar-refractivity contribution in [3.05, 3.63) is 0 Å². The molecule has 0 atom stereocenters. The summed E-state index contributed by atoms with van der Waals surface area (Å²) in [5.74, 6) is 6.23. The van der Waals surface area contributed by atoms with E-state index in [4.69, 9.17) is 11.5 Å². The standard InChI is InChI=1S/C11H14O2/c1-4-11(2,3)9-7-5-6-8-10(12)13/h1H,5,7,9H2,2-3H3,(H,12,13). The maximum absolute atomic E-state index is 10.0. The van der Waals surface area contributed by atoms with Crippen molar-refractivity contribution in [2.24, 2.45) is 5.41 Å². The third-order valence-electron chi connectivity index (χ3n) is 1.69. The smallest absolute Gasteiger partial charge is 0.381 e. The van der Waals surface area contributed by atoms with Gasteiger partial charge >= 0.3 is 5.97 Å². The Bertz CT molecular complexity index is 271. The molecule has 70 valence electrons. The van der Waals surface area contributed by atoms with Crippen LogP contribution in [-0.4, -0.2) is 11.1 Å². The van der Waals surface area contributed by atoms with Crippen LogP contribution in [0.15, 0.2) is 0 Å². The second kappa shape index (κ2) is 5.27. The average molecular weight is 178 g/mol. The van der Waals surface area contributed by atoms with Crippen molar-refractivity contribution in [2.75, 3.05) is 0 Å². The van der Waals surface area contributed by atoms with Gasteiger partial charge in [0.2, 0.25) is 0 Å². The van der Waals surface area contributed by atoms with Crippen molar-refractivity contribution in [3.63, 3.8) is 0 Å². The molecule has 1 N–H and O–H groups in total. The molecular formula is C11H14O2. The molecule has 0 unspecified atom stereocenters. The Balaban J connectivity index is 3.67. The minimum Gasteiger partial charge on any atom is -0.472 e. The number of carbonyl (C=O) groups is 1. The predicted molar refractivity (Wildman–Crippen MR) is 51.9 cm³/mol. The third kappa shape index (κ3) is 6.97. The van der Waals surface area contributed by atoms with Crippen LogP contribution in [0.25, 0.3) is 0 Å². The van der Waals surface area contributed by atoms with E-state index in [0.717, 1.165) is 12.8 Å². The van der Waals surface area contributed by atoms with E-state index in [-0.39, 0.29) is 5.41 Å². The summed E-state index contributed by atoms with van der Waals surface area (Å²) in [5.41, 5.74) is -0.106. The molecule has 0 rings (SSSR count). The highest BCUT2D eigenvalue weighted by molar-refractivity contribution is 5.86. The van der Waals surface area contributed by atoms with Crippen molar-refractivity contribution in [1.29, 1.82) is 0 Å². The lowest BCUT2D eigenvalue weighted by atomic mass is 9.88. The molecule has 0 aromatic carbocycles. The number of carboxylic acid groups (broad SMARTS) is 1. The Morgan fingerprint density at radius 1 is 1.54 bits per heavy atom. The summed E-state index contributed by atoms with van der Waals surface area (Å²) >= 11 is 0. The lowest BCUT2D eigenvalue weighted by molar-refractivity contribution is -0.130. The molecule has 13 heavy (non-hydrogen) atoms. The largest absolute Gasteiger partial charge is 0.472 e. The number of hydrogen-bond acceptors (Lipinski definition) is 1. The van der Waals surface area contributed by atoms with Crippen LogP contribution >= 0.6 is 0 Å². The van der Waals surface area contributed by atoms with Gasteiger partial charge in [0, 0.05) is 17.8 Å². The van der Waals surface area contributed by atoms with E-state index in [1.807, 2.05) is 13.8 Å². The van der Waals surface area contributed by atoms with Gasteiger partial charge in [-0.15, -0.1) is 12.3 Å². The molecule has 0 aliphatic heterocycles. The fraction of sp³-hybridized carbons (Fsp3) is 0.545. The predicted octanol–water partition coefficient (Wildman–Crippen LogP) is 1.90. The van der Waals surface area contributed by atoms with Crippen molar-refractivity contribution in [1.82, 2.24) is 0 Å². The summed E-state index contributed by atoms with van der Waals surface area (Å²) < 4.78 is 0. The topological polar surface area (TPSA) is 37.3 Å². The summed E-state index contributed by atoms with van der Waals surface area (Å²) in [6.07, 6.45) is 7.60. The highest BCUT2D eigenvalue weighted by atomic mass is 16.4. The highest BCUT2D eigenvalue weighted by Gasteiger charge is 2.11. The van der Waals surface area contributed by atoms with Crippen molar-refractivity contribution in [3.8, 4) is 24.2 Å². The molecule has 2 heteroatoms. The van der Waals surface area contributed by atoms with E-state index in [1.54, 1.807) is 0 Å². The third-order valence-corrected chi connectivity index (χ3v) is 1.69. The fourth-order valence-electron chi connectivity index (χ4n) is 0.829. The van der Waals surface area contributed by atoms with E-state index in [2.05, 4.69) is 17.8 Å². The maximum Gasteiger partial charge on any atom is 0.381 e. The number of terminal acetylenes is 1. The van der Waals surface area contributed by atoms with Crippen LogP contribution in [0.3, 0.4) is 0 Å². The van der Waals surface area contributed by atoms with E-state index < -0.39 is 5.97 Å². The first-order valence-electron chi connectivity index (χ1n) is 4.17. The molecular weight excluding hydrogens is 164 g/mol.